The van der Waals surface area contributed by atoms with E-state index in [0.717, 1.165) is 24.8 Å². The Kier molecular flexibility index (Phi) is 6.57. The van der Waals surface area contributed by atoms with Gasteiger partial charge in [0.15, 0.2) is 0 Å². The molecule has 33 heavy (non-hydrogen) atoms. The summed E-state index contributed by atoms with van der Waals surface area (Å²) >= 11 is 0. The summed E-state index contributed by atoms with van der Waals surface area (Å²) in [6, 6.07) is 6.58. The second-order valence-electron chi connectivity index (χ2n) is 8.79. The number of nitrogens with zero attached hydrogens (tertiary/aromatic N) is 3. The van der Waals surface area contributed by atoms with Crippen LogP contribution in [0.3, 0.4) is 0 Å². The van der Waals surface area contributed by atoms with Crippen molar-refractivity contribution in [2.24, 2.45) is 5.73 Å². The highest BCUT2D eigenvalue weighted by atomic mass is 16.2. The Labute approximate surface area is 192 Å². The van der Waals surface area contributed by atoms with E-state index >= 15 is 0 Å². The van der Waals surface area contributed by atoms with Gasteiger partial charge in [-0.25, -0.2) is 0 Å². The Morgan fingerprint density at radius 2 is 1.58 bits per heavy atom. The second-order valence-corrected chi connectivity index (χ2v) is 8.79. The zero-order chi connectivity index (χ0) is 23.5. The largest absolute Gasteiger partial charge is 0.366 e. The minimum Gasteiger partial charge on any atom is -0.366 e. The number of fused-ring (bicyclic) bond motifs is 2. The van der Waals surface area contributed by atoms with Gasteiger partial charge in [-0.05, 0) is 43.0 Å². The number of hydrogen-bond acceptors (Lipinski definition) is 5. The van der Waals surface area contributed by atoms with Gasteiger partial charge in [0.25, 0.3) is 0 Å². The summed E-state index contributed by atoms with van der Waals surface area (Å²) < 4.78 is 0. The van der Waals surface area contributed by atoms with Crippen LogP contribution in [0.4, 0.5) is 0 Å². The zero-order valence-corrected chi connectivity index (χ0v) is 18.4. The maximum absolute atomic E-state index is 13.0. The van der Waals surface area contributed by atoms with E-state index < -0.39 is 5.91 Å². The number of amides is 5. The highest BCUT2D eigenvalue weighted by Crippen LogP contribution is 2.30. The Hall–Kier alpha value is -3.49. The van der Waals surface area contributed by atoms with Crippen molar-refractivity contribution in [3.05, 3.63) is 41.5 Å². The molecule has 2 atom stereocenters. The van der Waals surface area contributed by atoms with Crippen molar-refractivity contribution < 1.29 is 24.0 Å². The van der Waals surface area contributed by atoms with Crippen LogP contribution in [0.2, 0.25) is 0 Å². The van der Waals surface area contributed by atoms with Crippen LogP contribution >= 0.6 is 0 Å². The van der Waals surface area contributed by atoms with Gasteiger partial charge in [-0.1, -0.05) is 12.1 Å². The lowest BCUT2D eigenvalue weighted by Gasteiger charge is -2.50. The average Bonchev–Trinajstić information content (AvgIpc) is 3.12. The molecule has 0 saturated carbocycles. The highest BCUT2D eigenvalue weighted by Gasteiger charge is 2.41. The number of nitrogens with two attached hydrogens (primary N) is 1. The van der Waals surface area contributed by atoms with Crippen LogP contribution in [-0.4, -0.2) is 76.0 Å². The summed E-state index contributed by atoms with van der Waals surface area (Å²) in [5.74, 6) is -1.10. The van der Waals surface area contributed by atoms with Crippen molar-refractivity contribution in [3.8, 4) is 0 Å². The molecular formula is C24H28N4O5. The first-order chi connectivity index (χ1) is 15.8. The van der Waals surface area contributed by atoms with E-state index in [1.165, 1.54) is 11.0 Å². The lowest BCUT2D eigenvalue weighted by Crippen LogP contribution is -2.63. The minimum absolute atomic E-state index is 0.0535. The third-order valence-corrected chi connectivity index (χ3v) is 6.64. The molecule has 3 heterocycles. The first-order valence-corrected chi connectivity index (χ1v) is 11.3. The molecular weight excluding hydrogens is 424 g/mol. The van der Waals surface area contributed by atoms with Crippen LogP contribution < -0.4 is 5.73 Å². The van der Waals surface area contributed by atoms with Crippen molar-refractivity contribution >= 4 is 35.6 Å². The molecule has 3 fully saturated rings. The molecule has 9 nitrogen and oxygen atoms in total. The molecule has 2 bridgehead atoms. The number of primary amides is 1. The molecule has 3 saturated heterocycles. The molecule has 1 aromatic rings. The fraction of sp³-hybridized carbons (Fsp3) is 0.458. The molecule has 2 unspecified atom stereocenters. The molecule has 1 aromatic carbocycles. The van der Waals surface area contributed by atoms with Crippen molar-refractivity contribution in [1.82, 2.24) is 14.7 Å². The second kappa shape index (κ2) is 9.56. The maximum atomic E-state index is 13.0. The molecule has 174 valence electrons. The third kappa shape index (κ3) is 4.97. The van der Waals surface area contributed by atoms with Crippen molar-refractivity contribution in [2.45, 2.75) is 50.6 Å². The van der Waals surface area contributed by atoms with Crippen LogP contribution in [0.15, 0.2) is 30.3 Å². The van der Waals surface area contributed by atoms with Gasteiger partial charge in [0, 0.05) is 62.6 Å². The Morgan fingerprint density at radius 1 is 0.970 bits per heavy atom. The van der Waals surface area contributed by atoms with Gasteiger partial charge in [-0.3, -0.25) is 28.9 Å². The lowest BCUT2D eigenvalue weighted by molar-refractivity contribution is -0.149. The van der Waals surface area contributed by atoms with Gasteiger partial charge >= 0.3 is 0 Å². The summed E-state index contributed by atoms with van der Waals surface area (Å²) in [5, 5.41) is 0. The Bertz CT molecular complexity index is 973. The summed E-state index contributed by atoms with van der Waals surface area (Å²) in [6.07, 6.45) is 6.44. The Morgan fingerprint density at radius 3 is 2.15 bits per heavy atom. The van der Waals surface area contributed by atoms with Gasteiger partial charge in [-0.2, -0.15) is 0 Å². The summed E-state index contributed by atoms with van der Waals surface area (Å²) in [4.78, 5) is 65.4. The first kappa shape index (κ1) is 22.7. The molecule has 3 aliphatic rings. The fourth-order valence-corrected chi connectivity index (χ4v) is 4.93. The topological polar surface area (TPSA) is 121 Å². The molecule has 5 amide bonds. The van der Waals surface area contributed by atoms with Gasteiger partial charge < -0.3 is 15.5 Å². The molecule has 0 spiro atoms. The molecule has 9 heteroatoms. The molecule has 0 aromatic heterocycles. The van der Waals surface area contributed by atoms with Crippen LogP contribution in [0, 0.1) is 0 Å². The van der Waals surface area contributed by atoms with Gasteiger partial charge in [0.1, 0.15) is 0 Å². The normalized spacial score (nSPS) is 22.8. The number of carbonyl (C=O) groups excluding carboxylic acids is 5. The number of piperazine rings is 1. The molecule has 2 N–H and O–H groups in total. The summed E-state index contributed by atoms with van der Waals surface area (Å²) in [6.45, 7) is 1.06. The van der Waals surface area contributed by atoms with Gasteiger partial charge in [0.2, 0.25) is 29.5 Å². The van der Waals surface area contributed by atoms with E-state index in [0.29, 0.717) is 18.7 Å². The number of likely N-dealkylation sites (tertiary alicyclic amines) is 2. The molecule has 0 aliphatic carbocycles. The van der Waals surface area contributed by atoms with E-state index in [9.17, 15) is 24.0 Å². The van der Waals surface area contributed by atoms with Gasteiger partial charge in [0.05, 0.1) is 0 Å². The standard InChI is InChI=1S/C24H28N4O5/c25-24(33)17-7-4-16(5-8-17)6-9-20(29)26-14-18-2-1-3-19(15-26)28(18)23(32)12-13-27-21(30)10-11-22(27)31/h4-9,18-19H,1-3,10-15H2,(H2,25,33)/b9-6-. The summed E-state index contributed by atoms with van der Waals surface area (Å²) in [5.41, 5.74) is 6.44. The fourth-order valence-electron chi connectivity index (χ4n) is 4.93. The van der Waals surface area contributed by atoms with E-state index in [2.05, 4.69) is 0 Å². The number of piperidine rings is 1. The quantitative estimate of drug-likeness (QED) is 0.508. The number of benzene rings is 1. The SMILES string of the molecule is NC(=O)c1ccc(/C=C\C(=O)N2CC3CCCC(C2)N3C(=O)CCN2C(=O)CCC2=O)cc1. The van der Waals surface area contributed by atoms with Crippen molar-refractivity contribution in [1.29, 1.82) is 0 Å². The van der Waals surface area contributed by atoms with E-state index in [-0.39, 0.29) is 61.5 Å². The van der Waals surface area contributed by atoms with E-state index in [4.69, 9.17) is 5.73 Å². The van der Waals surface area contributed by atoms with E-state index in [1.54, 1.807) is 35.2 Å². The number of hydrogen-bond donors (Lipinski definition) is 1. The van der Waals surface area contributed by atoms with Crippen molar-refractivity contribution in [2.75, 3.05) is 19.6 Å². The lowest BCUT2D eigenvalue weighted by atomic mass is 9.90. The highest BCUT2D eigenvalue weighted by molar-refractivity contribution is 6.02. The number of imide groups is 1. The van der Waals surface area contributed by atoms with Crippen LogP contribution in [0.1, 0.15) is 54.4 Å². The zero-order valence-electron chi connectivity index (χ0n) is 18.4. The predicted molar refractivity (Wildman–Crippen MR) is 119 cm³/mol. The molecule has 3 aliphatic heterocycles. The first-order valence-electron chi connectivity index (χ1n) is 11.3. The number of carbonyl (C=O) groups is 5. The van der Waals surface area contributed by atoms with Crippen LogP contribution in [0.25, 0.3) is 6.08 Å². The monoisotopic (exact) mass is 452 g/mol. The predicted octanol–water partition coefficient (Wildman–Crippen LogP) is 0.930. The summed E-state index contributed by atoms with van der Waals surface area (Å²) in [7, 11) is 0. The molecule has 0 radical (unpaired) electrons. The van der Waals surface area contributed by atoms with E-state index in [1.807, 2.05) is 4.90 Å². The number of rotatable bonds is 6. The van der Waals surface area contributed by atoms with Crippen LogP contribution in [-0.2, 0) is 19.2 Å². The maximum Gasteiger partial charge on any atom is 0.248 e. The minimum atomic E-state index is -0.501. The smallest absolute Gasteiger partial charge is 0.248 e. The third-order valence-electron chi connectivity index (χ3n) is 6.64. The van der Waals surface area contributed by atoms with Crippen LogP contribution in [0.5, 0.6) is 0 Å². The van der Waals surface area contributed by atoms with Gasteiger partial charge in [-0.15, -0.1) is 0 Å². The molecule has 4 rings (SSSR count). The van der Waals surface area contributed by atoms with Crippen molar-refractivity contribution in [3.63, 3.8) is 0 Å². The average molecular weight is 453 g/mol. The Balaban J connectivity index is 1.35.